The number of nitrogens with one attached hydrogen (secondary N) is 1. The molecule has 4 amide bonds. The van der Waals surface area contributed by atoms with E-state index < -0.39 is 60.6 Å². The number of carbonyl (C=O) groups is 3. The van der Waals surface area contributed by atoms with Crippen molar-refractivity contribution < 1.29 is 31.9 Å². The average molecular weight is 478 g/mol. The molecule has 1 aliphatic carbocycles. The summed E-state index contributed by atoms with van der Waals surface area (Å²) in [4.78, 5) is 40.2. The summed E-state index contributed by atoms with van der Waals surface area (Å²) in [6.45, 7) is -0.561. The van der Waals surface area contributed by atoms with Gasteiger partial charge in [0.1, 0.15) is 23.9 Å². The normalized spacial score (nSPS) is 22.6. The monoisotopic (exact) mass is 478 g/mol. The number of nitrogens with two attached hydrogens (primary N) is 1. The average Bonchev–Trinajstić information content (AvgIpc) is 3.20. The standard InChI is InChI=1S/C23H22F4N4O3/c1-13(23(25,26)27)30(11-14-6-8-15(24)9-7-14)19(32)12-31-20(33)22(29-21(31)34)10-18(28)16-4-2-3-5-17(16)22/h2-9,13,18H,10-12,28H2,1H3,(H,29,34)/t13-,18?,22?/m0/s1. The van der Waals surface area contributed by atoms with Crippen LogP contribution in [-0.4, -0.2) is 46.4 Å². The van der Waals surface area contributed by atoms with E-state index in [0.29, 0.717) is 20.9 Å². The van der Waals surface area contributed by atoms with Crippen molar-refractivity contribution in [3.05, 3.63) is 71.0 Å². The molecule has 2 aliphatic rings. The summed E-state index contributed by atoms with van der Waals surface area (Å²) >= 11 is 0. The van der Waals surface area contributed by atoms with E-state index in [1.54, 1.807) is 24.3 Å². The minimum atomic E-state index is -4.76. The van der Waals surface area contributed by atoms with Crippen LogP contribution in [0, 0.1) is 5.82 Å². The molecule has 4 rings (SSSR count). The summed E-state index contributed by atoms with van der Waals surface area (Å²) in [5.74, 6) is -2.40. The van der Waals surface area contributed by atoms with Crippen LogP contribution in [0.4, 0.5) is 22.4 Å². The maximum Gasteiger partial charge on any atom is 0.408 e. The van der Waals surface area contributed by atoms with Gasteiger partial charge in [-0.2, -0.15) is 13.2 Å². The minimum absolute atomic E-state index is 0.0693. The number of hydrogen-bond acceptors (Lipinski definition) is 4. The van der Waals surface area contributed by atoms with Crippen molar-refractivity contribution in [2.75, 3.05) is 6.54 Å². The highest BCUT2D eigenvalue weighted by atomic mass is 19.4. The Morgan fingerprint density at radius 2 is 1.85 bits per heavy atom. The Kier molecular flexibility index (Phi) is 5.84. The topological polar surface area (TPSA) is 95.7 Å². The Morgan fingerprint density at radius 1 is 1.21 bits per heavy atom. The van der Waals surface area contributed by atoms with E-state index in [9.17, 15) is 31.9 Å². The molecule has 1 aliphatic heterocycles. The van der Waals surface area contributed by atoms with Gasteiger partial charge in [0, 0.05) is 19.0 Å². The van der Waals surface area contributed by atoms with Gasteiger partial charge in [0.05, 0.1) is 0 Å². The van der Waals surface area contributed by atoms with Gasteiger partial charge < -0.3 is 16.0 Å². The van der Waals surface area contributed by atoms with E-state index in [1.165, 1.54) is 12.1 Å². The summed E-state index contributed by atoms with van der Waals surface area (Å²) in [6, 6.07) is 7.84. The second-order valence-corrected chi connectivity index (χ2v) is 8.49. The molecule has 1 heterocycles. The molecule has 7 nitrogen and oxygen atoms in total. The van der Waals surface area contributed by atoms with Crippen molar-refractivity contribution in [2.24, 2.45) is 5.73 Å². The van der Waals surface area contributed by atoms with Gasteiger partial charge in [-0.05, 0) is 35.7 Å². The van der Waals surface area contributed by atoms with Crippen LogP contribution in [0.15, 0.2) is 48.5 Å². The highest BCUT2D eigenvalue weighted by Crippen LogP contribution is 2.45. The van der Waals surface area contributed by atoms with Crippen LogP contribution in [0.25, 0.3) is 0 Å². The third kappa shape index (κ3) is 4.00. The maximum atomic E-state index is 13.5. The minimum Gasteiger partial charge on any atom is -0.325 e. The molecule has 1 spiro atoms. The molecule has 11 heteroatoms. The highest BCUT2D eigenvalue weighted by Gasteiger charge is 2.57. The number of rotatable bonds is 5. The van der Waals surface area contributed by atoms with E-state index >= 15 is 0 Å². The van der Waals surface area contributed by atoms with Crippen LogP contribution in [0.3, 0.4) is 0 Å². The van der Waals surface area contributed by atoms with Gasteiger partial charge in [0.25, 0.3) is 5.91 Å². The van der Waals surface area contributed by atoms with Gasteiger partial charge in [-0.3, -0.25) is 14.5 Å². The third-order valence-corrected chi connectivity index (χ3v) is 6.34. The lowest BCUT2D eigenvalue weighted by atomic mass is 9.92. The molecule has 1 saturated heterocycles. The van der Waals surface area contributed by atoms with E-state index in [4.69, 9.17) is 5.73 Å². The maximum absolute atomic E-state index is 13.5. The summed E-state index contributed by atoms with van der Waals surface area (Å²) < 4.78 is 53.8. The van der Waals surface area contributed by atoms with Crippen LogP contribution in [0.5, 0.6) is 0 Å². The Hall–Kier alpha value is -3.47. The first-order valence-corrected chi connectivity index (χ1v) is 10.5. The fraction of sp³-hybridized carbons (Fsp3) is 0.348. The molecule has 0 aromatic heterocycles. The lowest BCUT2D eigenvalue weighted by molar-refractivity contribution is -0.187. The number of alkyl halides is 3. The number of amides is 4. The Labute approximate surface area is 192 Å². The molecular formula is C23H22F4N4O3. The van der Waals surface area contributed by atoms with Crippen LogP contribution >= 0.6 is 0 Å². The van der Waals surface area contributed by atoms with Crippen LogP contribution in [-0.2, 0) is 21.7 Å². The number of imide groups is 1. The summed E-state index contributed by atoms with van der Waals surface area (Å²) in [7, 11) is 0. The Bertz CT molecular complexity index is 1140. The number of benzene rings is 2. The zero-order valence-electron chi connectivity index (χ0n) is 18.1. The van der Waals surface area contributed by atoms with Crippen molar-refractivity contribution in [2.45, 2.75) is 43.7 Å². The highest BCUT2D eigenvalue weighted by molar-refractivity contribution is 6.10. The first-order valence-electron chi connectivity index (χ1n) is 10.5. The number of carbonyl (C=O) groups excluding carboxylic acids is 3. The predicted octanol–water partition coefficient (Wildman–Crippen LogP) is 2.96. The molecule has 3 atom stereocenters. The van der Waals surface area contributed by atoms with Crippen molar-refractivity contribution in [3.63, 3.8) is 0 Å². The summed E-state index contributed by atoms with van der Waals surface area (Å²) in [5.41, 5.74) is 6.11. The number of hydrogen-bond donors (Lipinski definition) is 2. The van der Waals surface area contributed by atoms with Crippen molar-refractivity contribution in [1.82, 2.24) is 15.1 Å². The van der Waals surface area contributed by atoms with Gasteiger partial charge in [-0.25, -0.2) is 9.18 Å². The Balaban J connectivity index is 1.60. The molecule has 34 heavy (non-hydrogen) atoms. The molecule has 2 aromatic carbocycles. The van der Waals surface area contributed by atoms with Crippen LogP contribution < -0.4 is 11.1 Å². The van der Waals surface area contributed by atoms with Crippen LogP contribution in [0.1, 0.15) is 36.1 Å². The molecule has 0 bridgehead atoms. The molecule has 2 aromatic rings. The van der Waals surface area contributed by atoms with Gasteiger partial charge in [0.2, 0.25) is 5.91 Å². The van der Waals surface area contributed by atoms with Gasteiger partial charge >= 0.3 is 12.2 Å². The number of urea groups is 1. The molecular weight excluding hydrogens is 456 g/mol. The second-order valence-electron chi connectivity index (χ2n) is 8.49. The van der Waals surface area contributed by atoms with Gasteiger partial charge in [-0.1, -0.05) is 36.4 Å². The quantitative estimate of drug-likeness (QED) is 0.510. The molecule has 0 radical (unpaired) electrons. The first-order chi connectivity index (χ1) is 15.9. The fourth-order valence-electron chi connectivity index (χ4n) is 4.48. The zero-order chi connectivity index (χ0) is 24.8. The second kappa shape index (κ2) is 8.39. The Morgan fingerprint density at radius 3 is 2.50 bits per heavy atom. The lowest BCUT2D eigenvalue weighted by Gasteiger charge is -2.32. The first kappa shape index (κ1) is 23.7. The van der Waals surface area contributed by atoms with Gasteiger partial charge in [0.15, 0.2) is 0 Å². The third-order valence-electron chi connectivity index (χ3n) is 6.34. The smallest absolute Gasteiger partial charge is 0.325 e. The number of fused-ring (bicyclic) bond motifs is 2. The summed E-state index contributed by atoms with van der Waals surface area (Å²) in [5, 5.41) is 2.60. The van der Waals surface area contributed by atoms with Crippen molar-refractivity contribution in [3.8, 4) is 0 Å². The molecule has 2 unspecified atom stereocenters. The van der Waals surface area contributed by atoms with E-state index in [2.05, 4.69) is 5.32 Å². The predicted molar refractivity (Wildman–Crippen MR) is 112 cm³/mol. The largest absolute Gasteiger partial charge is 0.408 e. The SMILES string of the molecule is C[C@H](N(Cc1ccc(F)cc1)C(=O)CN1C(=O)NC2(CC(N)c3ccccc32)C1=O)C(F)(F)F. The number of halogens is 4. The van der Waals surface area contributed by atoms with Gasteiger partial charge in [-0.15, -0.1) is 0 Å². The zero-order valence-corrected chi connectivity index (χ0v) is 18.1. The fourth-order valence-corrected chi connectivity index (χ4v) is 4.48. The van der Waals surface area contributed by atoms with E-state index in [0.717, 1.165) is 19.1 Å². The molecule has 0 saturated carbocycles. The molecule has 3 N–H and O–H groups in total. The van der Waals surface area contributed by atoms with Crippen molar-refractivity contribution in [1.29, 1.82) is 0 Å². The van der Waals surface area contributed by atoms with E-state index in [1.807, 2.05) is 0 Å². The van der Waals surface area contributed by atoms with Crippen molar-refractivity contribution >= 4 is 17.8 Å². The van der Waals surface area contributed by atoms with Crippen LogP contribution in [0.2, 0.25) is 0 Å². The molecule has 180 valence electrons. The summed E-state index contributed by atoms with van der Waals surface area (Å²) in [6.07, 6.45) is -4.69. The molecule has 1 fully saturated rings. The lowest BCUT2D eigenvalue weighted by Crippen LogP contribution is -2.51. The number of nitrogens with zero attached hydrogens (tertiary/aromatic N) is 2. The van der Waals surface area contributed by atoms with E-state index in [-0.39, 0.29) is 12.0 Å².